The molecule has 4 heterocycles. The predicted octanol–water partition coefficient (Wildman–Crippen LogP) is 1.88. The van der Waals surface area contributed by atoms with Gasteiger partial charge in [0.25, 0.3) is 5.56 Å². The summed E-state index contributed by atoms with van der Waals surface area (Å²) in [5, 5.41) is 20.5. The highest BCUT2D eigenvalue weighted by molar-refractivity contribution is 5.78. The molecule has 0 spiro atoms. The number of anilines is 2. The summed E-state index contributed by atoms with van der Waals surface area (Å²) in [5.74, 6) is -0.346. The molecule has 0 saturated carbocycles. The highest BCUT2D eigenvalue weighted by Crippen LogP contribution is 2.47. The van der Waals surface area contributed by atoms with Gasteiger partial charge in [0.05, 0.1) is 18.7 Å². The number of esters is 1. The number of aromatic nitrogens is 1. The SMILES string of the molecule is COC(=O)[C@H]1Cc2cc(N([O-])O)ccc2N2C[C@H]3C[C@@H](Cn4c3cccc4=O)[C@@H]12. The molecule has 2 bridgehead atoms. The predicted molar refractivity (Wildman–Crippen MR) is 106 cm³/mol. The van der Waals surface area contributed by atoms with Gasteiger partial charge < -0.3 is 24.6 Å². The molecule has 4 atom stereocenters. The Balaban J connectivity index is 1.62. The zero-order chi connectivity index (χ0) is 20.3. The van der Waals surface area contributed by atoms with Crippen LogP contribution in [0.2, 0.25) is 0 Å². The topological polar surface area (TPSA) is 98.1 Å². The summed E-state index contributed by atoms with van der Waals surface area (Å²) >= 11 is 0. The van der Waals surface area contributed by atoms with Crippen molar-refractivity contribution in [3.05, 3.63) is 63.2 Å². The van der Waals surface area contributed by atoms with Crippen molar-refractivity contribution >= 4 is 17.3 Å². The van der Waals surface area contributed by atoms with Gasteiger partial charge in [-0.1, -0.05) is 6.07 Å². The number of fused-ring (bicyclic) bond motifs is 8. The van der Waals surface area contributed by atoms with Crippen LogP contribution in [-0.2, 0) is 22.5 Å². The Morgan fingerprint density at radius 1 is 1.28 bits per heavy atom. The van der Waals surface area contributed by atoms with E-state index in [4.69, 9.17) is 4.74 Å². The van der Waals surface area contributed by atoms with Crippen LogP contribution >= 0.6 is 0 Å². The largest absolute Gasteiger partial charge is 0.733 e. The van der Waals surface area contributed by atoms with Gasteiger partial charge in [0.1, 0.15) is 0 Å². The van der Waals surface area contributed by atoms with E-state index in [1.54, 1.807) is 24.3 Å². The van der Waals surface area contributed by atoms with Gasteiger partial charge in [-0.05, 0) is 48.6 Å². The summed E-state index contributed by atoms with van der Waals surface area (Å²) in [4.78, 5) is 27.4. The number of hydrogen-bond acceptors (Lipinski definition) is 7. The molecule has 0 radical (unpaired) electrons. The minimum Gasteiger partial charge on any atom is -0.733 e. The zero-order valence-electron chi connectivity index (χ0n) is 16.0. The number of pyridine rings is 1. The van der Waals surface area contributed by atoms with E-state index in [0.717, 1.165) is 23.4 Å². The number of hydrogen-bond donors (Lipinski definition) is 1. The summed E-state index contributed by atoms with van der Waals surface area (Å²) < 4.78 is 6.96. The third-order valence-corrected chi connectivity index (χ3v) is 6.72. The van der Waals surface area contributed by atoms with Crippen molar-refractivity contribution in [1.29, 1.82) is 0 Å². The van der Waals surface area contributed by atoms with E-state index in [2.05, 4.69) is 4.90 Å². The molecule has 29 heavy (non-hydrogen) atoms. The fraction of sp³-hybridized carbons (Fsp3) is 0.429. The Morgan fingerprint density at radius 3 is 2.86 bits per heavy atom. The first-order valence-corrected chi connectivity index (χ1v) is 9.81. The fourth-order valence-electron chi connectivity index (χ4n) is 5.58. The molecule has 0 unspecified atom stereocenters. The molecule has 2 aromatic rings. The van der Waals surface area contributed by atoms with Gasteiger partial charge in [-0.15, -0.1) is 0 Å². The van der Waals surface area contributed by atoms with E-state index in [1.807, 2.05) is 16.7 Å². The number of ether oxygens (including phenoxy) is 1. The zero-order valence-corrected chi connectivity index (χ0v) is 16.0. The quantitative estimate of drug-likeness (QED) is 0.611. The molecule has 1 N–H and O–H groups in total. The van der Waals surface area contributed by atoms with E-state index >= 15 is 0 Å². The van der Waals surface area contributed by atoms with Gasteiger partial charge in [0.2, 0.25) is 0 Å². The number of methoxy groups -OCH3 is 1. The lowest BCUT2D eigenvalue weighted by Gasteiger charge is -2.54. The van der Waals surface area contributed by atoms with Gasteiger partial charge in [0, 0.05) is 42.5 Å². The van der Waals surface area contributed by atoms with Gasteiger partial charge in [0.15, 0.2) is 0 Å². The minimum atomic E-state index is -0.395. The Hall–Kier alpha value is -2.84. The lowest BCUT2D eigenvalue weighted by Crippen LogP contribution is -2.60. The fourth-order valence-corrected chi connectivity index (χ4v) is 5.58. The monoisotopic (exact) mass is 396 g/mol. The Bertz CT molecular complexity index is 1030. The first-order valence-electron chi connectivity index (χ1n) is 9.81. The summed E-state index contributed by atoms with van der Waals surface area (Å²) in [7, 11) is 1.39. The molecule has 0 aliphatic carbocycles. The summed E-state index contributed by atoms with van der Waals surface area (Å²) in [5.41, 5.74) is 2.99. The molecule has 3 aliphatic heterocycles. The van der Waals surface area contributed by atoms with Crippen LogP contribution in [0.5, 0.6) is 0 Å². The van der Waals surface area contributed by atoms with Crippen LogP contribution in [-0.4, -0.2) is 35.4 Å². The number of piperidine rings is 1. The number of carbonyl (C=O) groups excluding carboxylic acids is 1. The standard InChI is InChI=1S/C21H22N3O5/c1-29-21(26)16-9-12-8-15(24(27)28)5-6-18(12)23-10-13-7-14(20(16)23)11-22-17(13)3-2-4-19(22)25/h2-6,8,13-14,16,20,27H,7,9-11H2,1H3/q-1/t13-,14+,16+,20+/m1/s1. The average molecular weight is 396 g/mol. The van der Waals surface area contributed by atoms with Gasteiger partial charge >= 0.3 is 5.97 Å². The third-order valence-electron chi connectivity index (χ3n) is 6.72. The van der Waals surface area contributed by atoms with E-state index < -0.39 is 5.92 Å². The molecule has 5 rings (SSSR count). The molecule has 1 aromatic heterocycles. The maximum absolute atomic E-state index is 12.7. The van der Waals surface area contributed by atoms with Crippen molar-refractivity contribution in [1.82, 2.24) is 4.57 Å². The molecule has 152 valence electrons. The van der Waals surface area contributed by atoms with Crippen molar-refractivity contribution in [2.45, 2.75) is 31.3 Å². The molecule has 1 saturated heterocycles. The van der Waals surface area contributed by atoms with Crippen LogP contribution in [0, 0.1) is 17.0 Å². The Kier molecular flexibility index (Phi) is 4.15. The van der Waals surface area contributed by atoms with E-state index in [-0.39, 0.29) is 40.3 Å². The smallest absolute Gasteiger partial charge is 0.311 e. The molecule has 1 fully saturated rings. The highest BCUT2D eigenvalue weighted by atomic mass is 16.8. The van der Waals surface area contributed by atoms with E-state index in [9.17, 15) is 20.0 Å². The van der Waals surface area contributed by atoms with Crippen molar-refractivity contribution in [2.75, 3.05) is 23.8 Å². The number of nitrogens with zero attached hydrogens (tertiary/aromatic N) is 3. The maximum Gasteiger partial charge on any atom is 0.311 e. The second kappa shape index (κ2) is 6.60. The lowest BCUT2D eigenvalue weighted by molar-refractivity contribution is -0.147. The Labute approximate surface area is 167 Å². The summed E-state index contributed by atoms with van der Waals surface area (Å²) in [6, 6.07) is 10.4. The first-order chi connectivity index (χ1) is 14.0. The van der Waals surface area contributed by atoms with Crippen LogP contribution in [0.3, 0.4) is 0 Å². The van der Waals surface area contributed by atoms with Crippen molar-refractivity contribution < 1.29 is 14.7 Å². The van der Waals surface area contributed by atoms with Crippen LogP contribution in [0.4, 0.5) is 11.4 Å². The van der Waals surface area contributed by atoms with Crippen LogP contribution in [0.15, 0.2) is 41.2 Å². The van der Waals surface area contributed by atoms with E-state index in [0.29, 0.717) is 19.5 Å². The van der Waals surface area contributed by atoms with Gasteiger partial charge in [-0.25, -0.2) is 0 Å². The molecule has 0 amide bonds. The number of rotatable bonds is 2. The maximum atomic E-state index is 12.7. The first kappa shape index (κ1) is 18.2. The molecular formula is C21H22N3O5-. The average Bonchev–Trinajstić information content (AvgIpc) is 2.73. The second-order valence-electron chi connectivity index (χ2n) is 8.15. The Morgan fingerprint density at radius 2 is 2.10 bits per heavy atom. The summed E-state index contributed by atoms with van der Waals surface area (Å²) in [6.07, 6.45) is 1.36. The van der Waals surface area contributed by atoms with Crippen molar-refractivity contribution in [3.8, 4) is 0 Å². The lowest BCUT2D eigenvalue weighted by atomic mass is 9.70. The van der Waals surface area contributed by atoms with Crippen LogP contribution in [0.25, 0.3) is 0 Å². The van der Waals surface area contributed by atoms with Crippen LogP contribution in [0.1, 0.15) is 23.6 Å². The molecule has 8 heteroatoms. The highest BCUT2D eigenvalue weighted by Gasteiger charge is 2.49. The molecule has 1 aromatic carbocycles. The molecule has 3 aliphatic rings. The van der Waals surface area contributed by atoms with Gasteiger partial charge in [-0.3, -0.25) is 14.8 Å². The van der Waals surface area contributed by atoms with Crippen LogP contribution < -0.4 is 15.7 Å². The molecule has 8 nitrogen and oxygen atoms in total. The van der Waals surface area contributed by atoms with Crippen molar-refractivity contribution in [3.63, 3.8) is 0 Å². The third kappa shape index (κ3) is 2.74. The van der Waals surface area contributed by atoms with E-state index in [1.165, 1.54) is 7.11 Å². The minimum absolute atomic E-state index is 0.000368. The van der Waals surface area contributed by atoms with Crippen molar-refractivity contribution in [2.24, 2.45) is 11.8 Å². The normalized spacial score (nSPS) is 26.8. The number of benzene rings is 1. The number of carbonyl (C=O) groups is 1. The summed E-state index contributed by atoms with van der Waals surface area (Å²) in [6.45, 7) is 1.27. The van der Waals surface area contributed by atoms with Gasteiger partial charge in [-0.2, -0.15) is 0 Å². The second-order valence-corrected chi connectivity index (χ2v) is 8.15. The molecular weight excluding hydrogens is 374 g/mol.